The van der Waals surface area contributed by atoms with Gasteiger partial charge in [0.1, 0.15) is 17.0 Å². The summed E-state index contributed by atoms with van der Waals surface area (Å²) in [5.74, 6) is -1.06. The minimum Gasteiger partial charge on any atom is -0.465 e. The van der Waals surface area contributed by atoms with Gasteiger partial charge in [0.25, 0.3) is 0 Å². The van der Waals surface area contributed by atoms with Crippen LogP contribution in [0.1, 0.15) is 24.5 Å². The summed E-state index contributed by atoms with van der Waals surface area (Å²) in [6, 6.07) is 4.40. The highest BCUT2D eigenvalue weighted by molar-refractivity contribution is 6.04. The van der Waals surface area contributed by atoms with Crippen molar-refractivity contribution in [2.24, 2.45) is 5.41 Å². The maximum Gasteiger partial charge on any atom is 0.320 e. The molecule has 1 aliphatic rings. The lowest BCUT2D eigenvalue weighted by Crippen LogP contribution is -2.36. The highest BCUT2D eigenvalue weighted by Crippen LogP contribution is 2.35. The van der Waals surface area contributed by atoms with E-state index in [0.29, 0.717) is 12.0 Å². The lowest BCUT2D eigenvalue weighted by atomic mass is 9.76. The first-order valence-corrected chi connectivity index (χ1v) is 5.89. The van der Waals surface area contributed by atoms with E-state index in [2.05, 4.69) is 0 Å². The predicted octanol–water partition coefficient (Wildman–Crippen LogP) is 2.20. The van der Waals surface area contributed by atoms with Gasteiger partial charge >= 0.3 is 5.97 Å². The van der Waals surface area contributed by atoms with Crippen LogP contribution >= 0.6 is 0 Å². The minimum atomic E-state index is -1.13. The van der Waals surface area contributed by atoms with Crippen molar-refractivity contribution in [2.45, 2.75) is 26.7 Å². The molecule has 0 amide bonds. The second kappa shape index (κ2) is 4.52. The zero-order valence-electron chi connectivity index (χ0n) is 10.5. The Morgan fingerprint density at radius 3 is 2.78 bits per heavy atom. The molecule has 0 aliphatic carbocycles. The number of hydrogen-bond donors (Lipinski definition) is 0. The zero-order chi connectivity index (χ0) is 13.3. The zero-order valence-corrected chi connectivity index (χ0v) is 10.5. The predicted molar refractivity (Wildman–Crippen MR) is 63.5 cm³/mol. The molecule has 96 valence electrons. The second-order valence-electron chi connectivity index (χ2n) is 4.77. The molecule has 1 aliphatic heterocycles. The highest BCUT2D eigenvalue weighted by atomic mass is 19.1. The van der Waals surface area contributed by atoms with Gasteiger partial charge in [0.2, 0.25) is 0 Å². The second-order valence-corrected chi connectivity index (χ2v) is 4.77. The van der Waals surface area contributed by atoms with E-state index in [1.807, 2.05) is 6.92 Å². The minimum absolute atomic E-state index is 0.213. The van der Waals surface area contributed by atoms with E-state index >= 15 is 0 Å². The molecule has 0 bridgehead atoms. The largest absolute Gasteiger partial charge is 0.465 e. The van der Waals surface area contributed by atoms with Gasteiger partial charge < -0.3 is 4.74 Å². The Bertz CT molecular complexity index is 510. The van der Waals surface area contributed by atoms with Crippen LogP contribution in [-0.2, 0) is 20.7 Å². The molecule has 1 fully saturated rings. The molecular weight excluding hydrogens is 235 g/mol. The molecular formula is C14H15FO3. The molecule has 2 rings (SSSR count). The number of ketones is 1. The van der Waals surface area contributed by atoms with Crippen molar-refractivity contribution >= 4 is 11.8 Å². The number of halogens is 1. The van der Waals surface area contributed by atoms with E-state index in [4.69, 9.17) is 4.74 Å². The van der Waals surface area contributed by atoms with Crippen LogP contribution < -0.4 is 0 Å². The molecule has 1 aromatic rings. The van der Waals surface area contributed by atoms with Gasteiger partial charge in [-0.05, 0) is 43.5 Å². The number of ether oxygens (including phenoxy) is 1. The summed E-state index contributed by atoms with van der Waals surface area (Å²) >= 11 is 0. The monoisotopic (exact) mass is 250 g/mol. The number of cyclic esters (lactones) is 1. The molecule has 3 nitrogen and oxygen atoms in total. The van der Waals surface area contributed by atoms with Gasteiger partial charge in [-0.1, -0.05) is 6.07 Å². The molecule has 1 saturated heterocycles. The van der Waals surface area contributed by atoms with Crippen molar-refractivity contribution in [3.63, 3.8) is 0 Å². The number of rotatable bonds is 3. The summed E-state index contributed by atoms with van der Waals surface area (Å²) in [5.41, 5.74) is 0.430. The van der Waals surface area contributed by atoms with Gasteiger partial charge in [-0.25, -0.2) is 4.39 Å². The van der Waals surface area contributed by atoms with Gasteiger partial charge in [0.05, 0.1) is 6.61 Å². The normalized spacial score (nSPS) is 22.9. The summed E-state index contributed by atoms with van der Waals surface area (Å²) in [6.45, 7) is 3.48. The van der Waals surface area contributed by atoms with Crippen LogP contribution in [-0.4, -0.2) is 18.4 Å². The summed E-state index contributed by atoms with van der Waals surface area (Å²) in [6.07, 6.45) is 0.585. The number of hydrogen-bond acceptors (Lipinski definition) is 3. The smallest absolute Gasteiger partial charge is 0.320 e. The fourth-order valence-electron chi connectivity index (χ4n) is 2.32. The molecule has 1 atom stereocenters. The molecule has 4 heteroatoms. The fraction of sp³-hybridized carbons (Fsp3) is 0.429. The third kappa shape index (κ3) is 2.03. The van der Waals surface area contributed by atoms with Crippen LogP contribution in [0.3, 0.4) is 0 Å². The van der Waals surface area contributed by atoms with Crippen LogP contribution in [0.4, 0.5) is 4.39 Å². The summed E-state index contributed by atoms with van der Waals surface area (Å²) in [4.78, 5) is 23.6. The third-order valence-corrected chi connectivity index (χ3v) is 3.63. The van der Waals surface area contributed by atoms with Gasteiger partial charge in [-0.15, -0.1) is 0 Å². The van der Waals surface area contributed by atoms with E-state index in [1.54, 1.807) is 6.07 Å². The molecule has 1 unspecified atom stereocenters. The number of aryl methyl sites for hydroxylation is 1. The molecule has 1 heterocycles. The Morgan fingerprint density at radius 1 is 1.50 bits per heavy atom. The average molecular weight is 250 g/mol. The van der Waals surface area contributed by atoms with E-state index in [0.717, 1.165) is 5.56 Å². The number of esters is 1. The summed E-state index contributed by atoms with van der Waals surface area (Å²) in [5, 5.41) is 0. The number of Topliss-reactive ketones (excluding diaryl/α,β-unsaturated/α-hetero) is 1. The van der Waals surface area contributed by atoms with Crippen molar-refractivity contribution in [3.8, 4) is 0 Å². The number of carbonyl (C=O) groups is 2. The summed E-state index contributed by atoms with van der Waals surface area (Å²) in [7, 11) is 0. The quantitative estimate of drug-likeness (QED) is 0.610. The molecule has 18 heavy (non-hydrogen) atoms. The maximum atomic E-state index is 13.2. The lowest BCUT2D eigenvalue weighted by molar-refractivity contribution is -0.150. The molecule has 0 N–H and O–H groups in total. The van der Waals surface area contributed by atoms with Crippen molar-refractivity contribution in [2.75, 3.05) is 6.61 Å². The van der Waals surface area contributed by atoms with Crippen molar-refractivity contribution in [1.82, 2.24) is 0 Å². The standard InChI is InChI=1S/C14H15FO3/c1-9-3-4-12(15)7-11(9)8-14(10(2)16)5-6-18-13(14)17/h3-4,7H,5-6,8H2,1-2H3. The Morgan fingerprint density at radius 2 is 2.22 bits per heavy atom. The number of carbonyl (C=O) groups excluding carboxylic acids is 2. The van der Waals surface area contributed by atoms with Gasteiger partial charge in [0.15, 0.2) is 0 Å². The number of benzene rings is 1. The topological polar surface area (TPSA) is 43.4 Å². The third-order valence-electron chi connectivity index (χ3n) is 3.63. The van der Waals surface area contributed by atoms with E-state index in [-0.39, 0.29) is 24.6 Å². The van der Waals surface area contributed by atoms with Crippen molar-refractivity contribution in [3.05, 3.63) is 35.1 Å². The first-order chi connectivity index (χ1) is 8.45. The van der Waals surface area contributed by atoms with Gasteiger partial charge in [0, 0.05) is 6.42 Å². The van der Waals surface area contributed by atoms with E-state index < -0.39 is 11.4 Å². The van der Waals surface area contributed by atoms with Crippen LogP contribution in [0.25, 0.3) is 0 Å². The van der Waals surface area contributed by atoms with E-state index in [1.165, 1.54) is 19.1 Å². The molecule has 0 radical (unpaired) electrons. The van der Waals surface area contributed by atoms with Crippen molar-refractivity contribution in [1.29, 1.82) is 0 Å². The Labute approximate surface area is 105 Å². The van der Waals surface area contributed by atoms with E-state index in [9.17, 15) is 14.0 Å². The van der Waals surface area contributed by atoms with Gasteiger partial charge in [-0.2, -0.15) is 0 Å². The van der Waals surface area contributed by atoms with Crippen LogP contribution in [0.15, 0.2) is 18.2 Å². The Hall–Kier alpha value is -1.71. The Balaban J connectivity index is 2.38. The Kier molecular flexibility index (Phi) is 3.20. The summed E-state index contributed by atoms with van der Waals surface area (Å²) < 4.78 is 18.2. The molecule has 0 saturated carbocycles. The van der Waals surface area contributed by atoms with Gasteiger partial charge in [-0.3, -0.25) is 9.59 Å². The van der Waals surface area contributed by atoms with Crippen LogP contribution in [0, 0.1) is 18.2 Å². The maximum absolute atomic E-state index is 13.2. The molecule has 1 aromatic carbocycles. The lowest BCUT2D eigenvalue weighted by Gasteiger charge is -2.22. The highest BCUT2D eigenvalue weighted by Gasteiger charge is 2.48. The van der Waals surface area contributed by atoms with Crippen molar-refractivity contribution < 1.29 is 18.7 Å². The first-order valence-electron chi connectivity index (χ1n) is 5.89. The van der Waals surface area contributed by atoms with Crippen LogP contribution in [0.2, 0.25) is 0 Å². The SMILES string of the molecule is CC(=O)C1(Cc2cc(F)ccc2C)CCOC1=O. The molecule has 0 aromatic heterocycles. The fourth-order valence-corrected chi connectivity index (χ4v) is 2.32. The average Bonchev–Trinajstić information content (AvgIpc) is 2.67. The molecule has 0 spiro atoms. The first kappa shape index (κ1) is 12.7. The van der Waals surface area contributed by atoms with Crippen LogP contribution in [0.5, 0.6) is 0 Å².